The molecule has 0 saturated carbocycles. The summed E-state index contributed by atoms with van der Waals surface area (Å²) in [6.07, 6.45) is 2.76. The Labute approximate surface area is 87.5 Å². The molecule has 0 saturated heterocycles. The fourth-order valence-electron chi connectivity index (χ4n) is 1.25. The van der Waals surface area contributed by atoms with Gasteiger partial charge in [0.25, 0.3) is 5.91 Å². The van der Waals surface area contributed by atoms with E-state index in [1.807, 2.05) is 6.92 Å². The molecule has 15 heavy (non-hydrogen) atoms. The number of aromatic nitrogens is 1. The number of amides is 1. The number of rotatable bonds is 5. The zero-order valence-electron chi connectivity index (χ0n) is 8.49. The Morgan fingerprint density at radius 2 is 2.33 bits per heavy atom. The zero-order chi connectivity index (χ0) is 11.3. The molecule has 1 aromatic heterocycles. The van der Waals surface area contributed by atoms with Gasteiger partial charge in [-0.3, -0.25) is 4.79 Å². The molecule has 1 atom stereocenters. The van der Waals surface area contributed by atoms with Gasteiger partial charge in [0.2, 0.25) is 0 Å². The van der Waals surface area contributed by atoms with E-state index in [1.165, 1.54) is 0 Å². The number of carboxylic acids is 1. The van der Waals surface area contributed by atoms with Crippen molar-refractivity contribution in [1.29, 1.82) is 0 Å². The predicted molar refractivity (Wildman–Crippen MR) is 54.6 cm³/mol. The maximum Gasteiger partial charge on any atom is 0.326 e. The molecule has 82 valence electrons. The lowest BCUT2D eigenvalue weighted by molar-refractivity contribution is -0.139. The Bertz CT molecular complexity index is 332. The van der Waals surface area contributed by atoms with Crippen molar-refractivity contribution in [2.24, 2.45) is 0 Å². The normalized spacial score (nSPS) is 12.1. The number of nitrogens with one attached hydrogen (secondary N) is 2. The van der Waals surface area contributed by atoms with E-state index in [-0.39, 0.29) is 5.91 Å². The summed E-state index contributed by atoms with van der Waals surface area (Å²) in [7, 11) is 0. The molecule has 0 fully saturated rings. The van der Waals surface area contributed by atoms with Gasteiger partial charge in [0.15, 0.2) is 0 Å². The average molecular weight is 210 g/mol. The van der Waals surface area contributed by atoms with E-state index in [0.29, 0.717) is 18.5 Å². The van der Waals surface area contributed by atoms with Crippen molar-refractivity contribution in [1.82, 2.24) is 10.3 Å². The lowest BCUT2D eigenvalue weighted by Gasteiger charge is -2.12. The Morgan fingerprint density at radius 1 is 1.60 bits per heavy atom. The highest BCUT2D eigenvalue weighted by atomic mass is 16.4. The number of hydrogen-bond acceptors (Lipinski definition) is 2. The van der Waals surface area contributed by atoms with Crippen LogP contribution in [0.5, 0.6) is 0 Å². The Balaban J connectivity index is 2.59. The molecule has 1 amide bonds. The van der Waals surface area contributed by atoms with Crippen molar-refractivity contribution in [3.63, 3.8) is 0 Å². The van der Waals surface area contributed by atoms with Crippen LogP contribution < -0.4 is 5.32 Å². The van der Waals surface area contributed by atoms with E-state index >= 15 is 0 Å². The van der Waals surface area contributed by atoms with Gasteiger partial charge in [-0.25, -0.2) is 4.79 Å². The Kier molecular flexibility index (Phi) is 3.91. The van der Waals surface area contributed by atoms with Crippen LogP contribution in [0.4, 0.5) is 0 Å². The van der Waals surface area contributed by atoms with Crippen molar-refractivity contribution < 1.29 is 14.7 Å². The number of aromatic amines is 1. The lowest BCUT2D eigenvalue weighted by atomic mass is 10.1. The molecule has 1 aromatic rings. The van der Waals surface area contributed by atoms with Crippen LogP contribution >= 0.6 is 0 Å². The lowest BCUT2D eigenvalue weighted by Crippen LogP contribution is -2.40. The monoisotopic (exact) mass is 210 g/mol. The van der Waals surface area contributed by atoms with E-state index in [9.17, 15) is 9.59 Å². The van der Waals surface area contributed by atoms with Crippen molar-refractivity contribution >= 4 is 11.9 Å². The summed E-state index contributed by atoms with van der Waals surface area (Å²) in [6, 6.07) is 2.47. The third-order valence-corrected chi connectivity index (χ3v) is 2.02. The quantitative estimate of drug-likeness (QED) is 0.678. The first-order valence-electron chi connectivity index (χ1n) is 4.82. The first kappa shape index (κ1) is 11.3. The molecular formula is C10H14N2O3. The van der Waals surface area contributed by atoms with Gasteiger partial charge in [-0.15, -0.1) is 0 Å². The first-order valence-corrected chi connectivity index (χ1v) is 4.82. The molecule has 3 N–H and O–H groups in total. The first-order chi connectivity index (χ1) is 7.15. The van der Waals surface area contributed by atoms with Crippen LogP contribution in [0.2, 0.25) is 0 Å². The molecule has 0 aliphatic rings. The molecular weight excluding hydrogens is 196 g/mol. The van der Waals surface area contributed by atoms with Crippen LogP contribution in [-0.2, 0) is 4.79 Å². The number of carboxylic acid groups (broad SMARTS) is 1. The zero-order valence-corrected chi connectivity index (χ0v) is 8.49. The van der Waals surface area contributed by atoms with Gasteiger partial charge in [0.1, 0.15) is 11.7 Å². The highest BCUT2D eigenvalue weighted by molar-refractivity contribution is 5.94. The van der Waals surface area contributed by atoms with E-state index in [1.54, 1.807) is 18.3 Å². The third kappa shape index (κ3) is 3.12. The molecule has 1 unspecified atom stereocenters. The standard InChI is InChI=1S/C10H14N2O3/c1-2-4-8(10(14)15)12-9(13)7-5-3-6-11-7/h3,5-6,8,11H,2,4H2,1H3,(H,12,13)(H,14,15). The average Bonchev–Trinajstić information content (AvgIpc) is 2.69. The Hall–Kier alpha value is -1.78. The van der Waals surface area contributed by atoms with Crippen molar-refractivity contribution in [3.05, 3.63) is 24.0 Å². The van der Waals surface area contributed by atoms with Crippen LogP contribution in [0.1, 0.15) is 30.3 Å². The highest BCUT2D eigenvalue weighted by Gasteiger charge is 2.19. The summed E-state index contributed by atoms with van der Waals surface area (Å²) in [5, 5.41) is 11.3. The second kappa shape index (κ2) is 5.19. The largest absolute Gasteiger partial charge is 0.480 e. The molecule has 1 heterocycles. The molecule has 0 bridgehead atoms. The highest BCUT2D eigenvalue weighted by Crippen LogP contribution is 2.00. The number of carbonyl (C=O) groups excluding carboxylic acids is 1. The van der Waals surface area contributed by atoms with Crippen LogP contribution in [0, 0.1) is 0 Å². The fourth-order valence-corrected chi connectivity index (χ4v) is 1.25. The molecule has 0 aliphatic carbocycles. The van der Waals surface area contributed by atoms with Crippen LogP contribution in [0.15, 0.2) is 18.3 Å². The molecule has 0 radical (unpaired) electrons. The minimum Gasteiger partial charge on any atom is -0.480 e. The second-order valence-corrected chi connectivity index (χ2v) is 3.24. The maximum absolute atomic E-state index is 11.5. The number of carbonyl (C=O) groups is 2. The summed E-state index contributed by atoms with van der Waals surface area (Å²) < 4.78 is 0. The van der Waals surface area contributed by atoms with Gasteiger partial charge in [-0.1, -0.05) is 13.3 Å². The minimum absolute atomic E-state index is 0.373. The summed E-state index contributed by atoms with van der Waals surface area (Å²) in [5.41, 5.74) is 0.373. The number of aliphatic carboxylic acids is 1. The SMILES string of the molecule is CCCC(NC(=O)c1ccc[nH]1)C(=O)O. The minimum atomic E-state index is -1.00. The van der Waals surface area contributed by atoms with E-state index in [0.717, 1.165) is 0 Å². The molecule has 5 heteroatoms. The smallest absolute Gasteiger partial charge is 0.326 e. The van der Waals surface area contributed by atoms with Crippen molar-refractivity contribution in [3.8, 4) is 0 Å². The molecule has 0 spiro atoms. The Morgan fingerprint density at radius 3 is 2.80 bits per heavy atom. The molecule has 0 aromatic carbocycles. The number of hydrogen-bond donors (Lipinski definition) is 3. The summed E-state index contributed by atoms with van der Waals surface area (Å²) in [5.74, 6) is -1.39. The van der Waals surface area contributed by atoms with Crippen LogP contribution in [0.3, 0.4) is 0 Å². The van der Waals surface area contributed by atoms with Crippen molar-refractivity contribution in [2.45, 2.75) is 25.8 Å². The van der Waals surface area contributed by atoms with E-state index < -0.39 is 12.0 Å². The molecule has 1 rings (SSSR count). The van der Waals surface area contributed by atoms with Crippen molar-refractivity contribution in [2.75, 3.05) is 0 Å². The third-order valence-electron chi connectivity index (χ3n) is 2.02. The predicted octanol–water partition coefficient (Wildman–Crippen LogP) is 0.998. The number of H-pyrrole nitrogens is 1. The van der Waals surface area contributed by atoms with Gasteiger partial charge in [0.05, 0.1) is 0 Å². The van der Waals surface area contributed by atoms with Gasteiger partial charge in [-0.05, 0) is 18.6 Å². The van der Waals surface area contributed by atoms with Gasteiger partial charge < -0.3 is 15.4 Å². The molecule has 5 nitrogen and oxygen atoms in total. The van der Waals surface area contributed by atoms with Crippen LogP contribution in [0.25, 0.3) is 0 Å². The maximum atomic E-state index is 11.5. The van der Waals surface area contributed by atoms with Gasteiger partial charge in [-0.2, -0.15) is 0 Å². The molecule has 0 aliphatic heterocycles. The summed E-state index contributed by atoms with van der Waals surface area (Å²) in [4.78, 5) is 25.0. The summed E-state index contributed by atoms with van der Waals surface area (Å²) in [6.45, 7) is 1.87. The summed E-state index contributed by atoms with van der Waals surface area (Å²) >= 11 is 0. The van der Waals surface area contributed by atoms with Gasteiger partial charge >= 0.3 is 5.97 Å². The van der Waals surface area contributed by atoms with Crippen LogP contribution in [-0.4, -0.2) is 28.0 Å². The van der Waals surface area contributed by atoms with E-state index in [4.69, 9.17) is 5.11 Å². The second-order valence-electron chi connectivity index (χ2n) is 3.24. The van der Waals surface area contributed by atoms with E-state index in [2.05, 4.69) is 10.3 Å². The fraction of sp³-hybridized carbons (Fsp3) is 0.400. The topological polar surface area (TPSA) is 82.2 Å². The van der Waals surface area contributed by atoms with Gasteiger partial charge in [0, 0.05) is 6.20 Å².